The zero-order valence-electron chi connectivity index (χ0n) is 16.7. The molecular formula is C22H35ClN2O2. The Morgan fingerprint density at radius 2 is 1.81 bits per heavy atom. The molecule has 2 saturated heterocycles. The molecule has 1 unspecified atom stereocenters. The molecule has 0 spiro atoms. The number of rotatable bonds is 6. The van der Waals surface area contributed by atoms with Crippen molar-refractivity contribution in [3.8, 4) is 5.75 Å². The van der Waals surface area contributed by atoms with E-state index in [1.807, 2.05) is 31.2 Å². The van der Waals surface area contributed by atoms with Gasteiger partial charge in [-0.2, -0.15) is 0 Å². The number of hydrogen-bond donors (Lipinski definition) is 0. The lowest BCUT2D eigenvalue weighted by atomic mass is 9.99. The fourth-order valence-electron chi connectivity index (χ4n) is 4.25. The monoisotopic (exact) mass is 394 g/mol. The second kappa shape index (κ2) is 11.6. The number of aryl methyl sites for hydroxylation is 1. The standard InChI is InChI=1S/C22H34N2O2.ClH/c1-19-9-8-11-21(17-19)26-18-22(25)24-15-7-4-10-20(24)12-16-23-13-5-2-3-6-14-23;/h8-9,11,17,20H,2-7,10,12-16,18H2,1H3;1H. The van der Waals surface area contributed by atoms with Crippen molar-refractivity contribution in [2.45, 2.75) is 64.3 Å². The molecule has 1 aromatic rings. The Balaban J connectivity index is 0.00000261. The fraction of sp³-hybridized carbons (Fsp3) is 0.682. The average molecular weight is 395 g/mol. The third kappa shape index (κ3) is 7.00. The zero-order chi connectivity index (χ0) is 18.2. The quantitative estimate of drug-likeness (QED) is 0.714. The van der Waals surface area contributed by atoms with Crippen molar-refractivity contribution in [3.05, 3.63) is 29.8 Å². The summed E-state index contributed by atoms with van der Waals surface area (Å²) in [5.74, 6) is 0.934. The van der Waals surface area contributed by atoms with E-state index in [0.29, 0.717) is 6.04 Å². The number of nitrogens with zero attached hydrogens (tertiary/aromatic N) is 2. The average Bonchev–Trinajstić information content (AvgIpc) is 2.93. The van der Waals surface area contributed by atoms with Gasteiger partial charge in [0.2, 0.25) is 0 Å². The van der Waals surface area contributed by atoms with Gasteiger partial charge in [-0.3, -0.25) is 4.79 Å². The molecule has 2 heterocycles. The molecule has 3 rings (SSSR count). The van der Waals surface area contributed by atoms with Gasteiger partial charge in [-0.25, -0.2) is 0 Å². The molecule has 2 aliphatic heterocycles. The topological polar surface area (TPSA) is 32.8 Å². The Bertz CT molecular complexity index is 573. The normalized spacial score (nSPS) is 21.2. The first-order chi connectivity index (χ1) is 12.7. The van der Waals surface area contributed by atoms with Crippen molar-refractivity contribution in [2.24, 2.45) is 0 Å². The molecule has 0 aliphatic carbocycles. The van der Waals surface area contributed by atoms with Crippen LogP contribution in [-0.4, -0.2) is 54.5 Å². The minimum Gasteiger partial charge on any atom is -0.484 e. The van der Waals surface area contributed by atoms with Crippen LogP contribution in [0, 0.1) is 6.92 Å². The summed E-state index contributed by atoms with van der Waals surface area (Å²) in [5.41, 5.74) is 1.16. The van der Waals surface area contributed by atoms with Crippen LogP contribution < -0.4 is 4.74 Å². The fourth-order valence-corrected chi connectivity index (χ4v) is 4.25. The minimum absolute atomic E-state index is 0. The molecule has 0 radical (unpaired) electrons. The van der Waals surface area contributed by atoms with Crippen molar-refractivity contribution < 1.29 is 9.53 Å². The Morgan fingerprint density at radius 1 is 1.07 bits per heavy atom. The Morgan fingerprint density at radius 3 is 2.56 bits per heavy atom. The van der Waals surface area contributed by atoms with E-state index >= 15 is 0 Å². The largest absolute Gasteiger partial charge is 0.484 e. The molecule has 0 N–H and O–H groups in total. The summed E-state index contributed by atoms with van der Waals surface area (Å²) in [6.45, 7) is 6.68. The van der Waals surface area contributed by atoms with E-state index < -0.39 is 0 Å². The van der Waals surface area contributed by atoms with Crippen LogP contribution in [0.5, 0.6) is 5.75 Å². The molecular weight excluding hydrogens is 360 g/mol. The molecule has 1 amide bonds. The third-order valence-electron chi connectivity index (χ3n) is 5.78. The van der Waals surface area contributed by atoms with Crippen LogP contribution in [0.3, 0.4) is 0 Å². The predicted octanol–water partition coefficient (Wildman–Crippen LogP) is 4.44. The molecule has 2 aliphatic rings. The van der Waals surface area contributed by atoms with Crippen molar-refractivity contribution in [3.63, 3.8) is 0 Å². The van der Waals surface area contributed by atoms with Gasteiger partial charge in [0.25, 0.3) is 5.91 Å². The third-order valence-corrected chi connectivity index (χ3v) is 5.78. The Kier molecular flexibility index (Phi) is 9.43. The van der Waals surface area contributed by atoms with Gasteiger partial charge in [0.1, 0.15) is 5.75 Å². The number of halogens is 1. The number of amides is 1. The molecule has 152 valence electrons. The lowest BCUT2D eigenvalue weighted by Gasteiger charge is -2.37. The second-order valence-corrected chi connectivity index (χ2v) is 7.89. The highest BCUT2D eigenvalue weighted by Crippen LogP contribution is 2.22. The van der Waals surface area contributed by atoms with Gasteiger partial charge in [0.05, 0.1) is 0 Å². The van der Waals surface area contributed by atoms with Crippen molar-refractivity contribution in [2.75, 3.05) is 32.8 Å². The van der Waals surface area contributed by atoms with Gasteiger partial charge in [0, 0.05) is 19.1 Å². The van der Waals surface area contributed by atoms with Crippen molar-refractivity contribution >= 4 is 18.3 Å². The Hall–Kier alpha value is -1.26. The van der Waals surface area contributed by atoms with E-state index in [1.165, 1.54) is 45.2 Å². The number of benzene rings is 1. The summed E-state index contributed by atoms with van der Waals surface area (Å²) in [4.78, 5) is 17.5. The highest BCUT2D eigenvalue weighted by Gasteiger charge is 2.27. The molecule has 4 nitrogen and oxygen atoms in total. The zero-order valence-corrected chi connectivity index (χ0v) is 17.5. The summed E-state index contributed by atoms with van der Waals surface area (Å²) < 4.78 is 5.76. The van der Waals surface area contributed by atoms with Gasteiger partial charge >= 0.3 is 0 Å². The van der Waals surface area contributed by atoms with Gasteiger partial charge in [0.15, 0.2) is 6.61 Å². The summed E-state index contributed by atoms with van der Waals surface area (Å²) in [5, 5.41) is 0. The van der Waals surface area contributed by atoms with E-state index in [-0.39, 0.29) is 24.9 Å². The number of carbonyl (C=O) groups is 1. The van der Waals surface area contributed by atoms with Gasteiger partial charge < -0.3 is 14.5 Å². The number of likely N-dealkylation sites (tertiary alicyclic amines) is 2. The minimum atomic E-state index is 0. The van der Waals surface area contributed by atoms with E-state index in [9.17, 15) is 4.79 Å². The maximum absolute atomic E-state index is 12.8. The molecule has 5 heteroatoms. The molecule has 0 saturated carbocycles. The van der Waals surface area contributed by atoms with Crippen LogP contribution in [0.25, 0.3) is 0 Å². The van der Waals surface area contributed by atoms with Gasteiger partial charge in [-0.1, -0.05) is 25.0 Å². The lowest BCUT2D eigenvalue weighted by molar-refractivity contribution is -0.137. The van der Waals surface area contributed by atoms with E-state index in [4.69, 9.17) is 4.74 Å². The smallest absolute Gasteiger partial charge is 0.260 e. The molecule has 27 heavy (non-hydrogen) atoms. The number of piperidine rings is 1. The molecule has 0 bridgehead atoms. The maximum Gasteiger partial charge on any atom is 0.260 e. The lowest BCUT2D eigenvalue weighted by Crippen LogP contribution is -2.47. The van der Waals surface area contributed by atoms with Crippen molar-refractivity contribution in [1.29, 1.82) is 0 Å². The predicted molar refractivity (Wildman–Crippen MR) is 113 cm³/mol. The second-order valence-electron chi connectivity index (χ2n) is 7.89. The van der Waals surface area contributed by atoms with Crippen LogP contribution in [0.2, 0.25) is 0 Å². The number of ether oxygens (including phenoxy) is 1. The Labute approximate surface area is 170 Å². The number of hydrogen-bond acceptors (Lipinski definition) is 3. The molecule has 1 atom stereocenters. The first kappa shape index (κ1) is 22.0. The highest BCUT2D eigenvalue weighted by atomic mass is 35.5. The van der Waals surface area contributed by atoms with Crippen LogP contribution in [0.1, 0.15) is 56.9 Å². The van der Waals surface area contributed by atoms with Crippen LogP contribution >= 0.6 is 12.4 Å². The van der Waals surface area contributed by atoms with Crippen LogP contribution in [0.4, 0.5) is 0 Å². The molecule has 1 aromatic carbocycles. The van der Waals surface area contributed by atoms with Crippen LogP contribution in [0.15, 0.2) is 24.3 Å². The first-order valence-electron chi connectivity index (χ1n) is 10.4. The summed E-state index contributed by atoms with van der Waals surface area (Å²) in [6, 6.07) is 8.31. The highest BCUT2D eigenvalue weighted by molar-refractivity contribution is 5.85. The van der Waals surface area contributed by atoms with E-state index in [0.717, 1.165) is 43.7 Å². The maximum atomic E-state index is 12.8. The first-order valence-corrected chi connectivity index (χ1v) is 10.4. The van der Waals surface area contributed by atoms with Crippen LogP contribution in [-0.2, 0) is 4.79 Å². The molecule has 0 aromatic heterocycles. The summed E-state index contributed by atoms with van der Waals surface area (Å²) in [6.07, 6.45) is 10.0. The summed E-state index contributed by atoms with van der Waals surface area (Å²) >= 11 is 0. The van der Waals surface area contributed by atoms with Crippen molar-refractivity contribution in [1.82, 2.24) is 9.80 Å². The van der Waals surface area contributed by atoms with E-state index in [2.05, 4.69) is 9.80 Å². The SMILES string of the molecule is Cc1cccc(OCC(=O)N2CCCCC2CCN2CCCCCC2)c1.Cl. The summed E-state index contributed by atoms with van der Waals surface area (Å²) in [7, 11) is 0. The van der Waals surface area contributed by atoms with Gasteiger partial charge in [-0.15, -0.1) is 12.4 Å². The van der Waals surface area contributed by atoms with Gasteiger partial charge in [-0.05, 0) is 76.2 Å². The van der Waals surface area contributed by atoms with E-state index in [1.54, 1.807) is 0 Å². The number of carbonyl (C=O) groups excluding carboxylic acids is 1. The molecule has 2 fully saturated rings.